The van der Waals surface area contributed by atoms with Crippen molar-refractivity contribution in [3.8, 4) is 0 Å². The van der Waals surface area contributed by atoms with Gasteiger partial charge in [0.1, 0.15) is 40.5 Å². The number of aryl methyl sites for hydroxylation is 8. The molecule has 0 aromatic heterocycles. The molecule has 0 aliphatic rings. The van der Waals surface area contributed by atoms with E-state index >= 15 is 0 Å². The van der Waals surface area contributed by atoms with Crippen molar-refractivity contribution in [3.05, 3.63) is 166 Å². The quantitative estimate of drug-likeness (QED) is 0.0197. The maximum atomic E-state index is 12.0. The zero-order valence-corrected chi connectivity index (χ0v) is 89.0. The van der Waals surface area contributed by atoms with Crippen LogP contribution in [0.3, 0.4) is 0 Å². The van der Waals surface area contributed by atoms with E-state index in [4.69, 9.17) is 0 Å². The van der Waals surface area contributed by atoms with E-state index in [0.29, 0.717) is 47.9 Å². The maximum absolute atomic E-state index is 12.0. The summed E-state index contributed by atoms with van der Waals surface area (Å²) >= 11 is 0. The van der Waals surface area contributed by atoms with Crippen molar-refractivity contribution < 1.29 is 51.9 Å². The minimum atomic E-state index is -4.47. The Morgan fingerprint density at radius 2 is 0.295 bits per heavy atom. The first-order valence-electron chi connectivity index (χ1n) is 51.9. The zero-order chi connectivity index (χ0) is 92.9. The Labute approximate surface area is 807 Å². The third kappa shape index (κ3) is 47.6. The Balaban J connectivity index is 0.000000359. The minimum absolute atomic E-state index is 0. The molecular formula is C112H172O12PbS4-4. The van der Waals surface area contributed by atoms with E-state index in [0.717, 1.165) is 146 Å². The largest absolute Gasteiger partial charge is 0.744 e. The zero-order valence-electron chi connectivity index (χ0n) is 81.8. The summed E-state index contributed by atoms with van der Waals surface area (Å²) < 4.78 is 143. The Hall–Kier alpha value is -4.64. The molecule has 0 N–H and O–H groups in total. The summed E-state index contributed by atoms with van der Waals surface area (Å²) in [4.78, 5) is -0.0961. The molecule has 0 bridgehead atoms. The van der Waals surface area contributed by atoms with Gasteiger partial charge in [-0.3, -0.25) is 0 Å². The average molecular weight is 2050 g/mol. The van der Waals surface area contributed by atoms with Gasteiger partial charge >= 0.3 is 0 Å². The molecule has 8 aromatic carbocycles. The normalized spacial score (nSPS) is 11.9. The van der Waals surface area contributed by atoms with Crippen molar-refractivity contribution in [2.75, 3.05) is 0 Å². The molecule has 0 aliphatic carbocycles. The fraction of sp³-hybridized carbons (Fsp3) is 0.643. The topological polar surface area (TPSA) is 229 Å². The van der Waals surface area contributed by atoms with Crippen LogP contribution < -0.4 is 0 Å². The van der Waals surface area contributed by atoms with E-state index < -0.39 is 40.5 Å². The Morgan fingerprint density at radius 3 is 0.426 bits per heavy atom. The summed E-state index contributed by atoms with van der Waals surface area (Å²) in [6, 6.07) is 38.7. The number of hydrogen-bond acceptors (Lipinski definition) is 12. The molecule has 4 radical (unpaired) electrons. The summed E-state index contributed by atoms with van der Waals surface area (Å²) in [5, 5.41) is 7.91. The molecule has 8 aromatic rings. The third-order valence-electron chi connectivity index (χ3n) is 26.1. The van der Waals surface area contributed by atoms with Gasteiger partial charge in [-0.15, -0.1) is 0 Å². The van der Waals surface area contributed by atoms with Gasteiger partial charge < -0.3 is 18.2 Å². The van der Waals surface area contributed by atoms with Crippen LogP contribution in [-0.2, 0) is 91.8 Å². The Bertz CT molecular complexity index is 4220. The molecular weight excluding hydrogens is 1870 g/mol. The summed E-state index contributed by atoms with van der Waals surface area (Å²) in [7, 11) is -17.9. The number of unbranched alkanes of at least 4 members (excludes halogenated alkanes) is 48. The number of benzene rings is 8. The fourth-order valence-corrected chi connectivity index (χ4v) is 21.4. The SMILES string of the molecule is CCCCCCCCCc1cc2c(CCCCCCCCC)cccc2cc1S(=O)(=O)[O-].CCCCCCCCCc1cc2c(CCCCCCCCC)cccc2cc1S(=O)(=O)[O-].CCCCCCCCCc1cc2c(CCCCCCCCC)cccc2cc1S(=O)(=O)[O-].CCCCCCCCCc1cc2c(CCCCCCCCC)cccc2cc1S(=O)(=O)[O-].[Pb]. The maximum Gasteiger partial charge on any atom is 0.124 e. The number of fused-ring (bicyclic) bond motifs is 4. The first-order valence-corrected chi connectivity index (χ1v) is 57.5. The smallest absolute Gasteiger partial charge is 0.124 e. The second kappa shape index (κ2) is 69.2. The molecule has 0 saturated carbocycles. The van der Waals surface area contributed by atoms with Crippen LogP contribution in [-0.4, -0.2) is 79.2 Å². The predicted molar refractivity (Wildman–Crippen MR) is 547 cm³/mol. The van der Waals surface area contributed by atoms with Crippen molar-refractivity contribution >= 4 is 111 Å². The van der Waals surface area contributed by atoms with Gasteiger partial charge in [-0.25, -0.2) is 33.7 Å². The summed E-state index contributed by atoms with van der Waals surface area (Å²) in [5.41, 5.74) is 7.89. The van der Waals surface area contributed by atoms with Crippen LogP contribution in [0.4, 0.5) is 0 Å². The van der Waals surface area contributed by atoms with Gasteiger partial charge in [0.25, 0.3) is 0 Å². The fourth-order valence-electron chi connectivity index (χ4n) is 18.4. The third-order valence-corrected chi connectivity index (χ3v) is 29.8. The molecule has 724 valence electrons. The molecule has 129 heavy (non-hydrogen) atoms. The van der Waals surface area contributed by atoms with E-state index in [1.807, 2.05) is 72.8 Å². The molecule has 0 saturated heterocycles. The van der Waals surface area contributed by atoms with Gasteiger partial charge in [-0.2, -0.15) is 0 Å². The molecule has 0 heterocycles. The van der Waals surface area contributed by atoms with Gasteiger partial charge in [0.15, 0.2) is 0 Å². The van der Waals surface area contributed by atoms with Crippen molar-refractivity contribution in [3.63, 3.8) is 0 Å². The van der Waals surface area contributed by atoms with Gasteiger partial charge in [0, 0.05) is 27.3 Å². The van der Waals surface area contributed by atoms with E-state index in [9.17, 15) is 51.9 Å². The Kier molecular flexibility index (Phi) is 62.6. The van der Waals surface area contributed by atoms with Crippen molar-refractivity contribution in [1.29, 1.82) is 0 Å². The van der Waals surface area contributed by atoms with Crippen LogP contribution in [0.25, 0.3) is 43.1 Å². The first kappa shape index (κ1) is 117. The second-order valence-corrected chi connectivity index (χ2v) is 42.6. The molecule has 0 unspecified atom stereocenters. The van der Waals surface area contributed by atoms with E-state index in [1.165, 1.54) is 305 Å². The van der Waals surface area contributed by atoms with Gasteiger partial charge in [-0.1, -0.05) is 436 Å². The number of hydrogen-bond donors (Lipinski definition) is 0. The van der Waals surface area contributed by atoms with E-state index in [-0.39, 0.29) is 46.9 Å². The summed E-state index contributed by atoms with van der Waals surface area (Å²) in [6.45, 7) is 17.8. The van der Waals surface area contributed by atoms with Gasteiger partial charge in [0.05, 0.1) is 19.6 Å². The molecule has 0 amide bonds. The molecule has 0 atom stereocenters. The standard InChI is InChI=1S/4C28H44O3S.Pb/c4*1-3-5-7-9-11-13-15-18-24-20-17-21-25-23-28(32(29,30)31)26(22-27(24)25)19-16-14-12-10-8-6-4-2;/h4*17,20-23H,3-16,18-19H2,1-2H3,(H,29,30,31);/p-4. The van der Waals surface area contributed by atoms with Crippen LogP contribution in [0.1, 0.15) is 459 Å². The predicted octanol–water partition coefficient (Wildman–Crippen LogP) is 32.9. The molecule has 0 spiro atoms. The molecule has 0 fully saturated rings. The van der Waals surface area contributed by atoms with Crippen LogP contribution in [0, 0.1) is 0 Å². The molecule has 8 rings (SSSR count). The monoisotopic (exact) mass is 2050 g/mol. The van der Waals surface area contributed by atoms with E-state index in [1.54, 1.807) is 24.3 Å². The average Bonchev–Trinajstić information content (AvgIpc) is 0.798. The van der Waals surface area contributed by atoms with Crippen LogP contribution in [0.2, 0.25) is 0 Å². The van der Waals surface area contributed by atoms with E-state index in [2.05, 4.69) is 79.7 Å². The summed E-state index contributed by atoms with van der Waals surface area (Å²) in [6.07, 6.45) is 75.2. The van der Waals surface area contributed by atoms with Gasteiger partial charge in [-0.05, 0) is 239 Å². The second-order valence-electron chi connectivity index (χ2n) is 37.2. The van der Waals surface area contributed by atoms with Crippen LogP contribution in [0.15, 0.2) is 141 Å². The van der Waals surface area contributed by atoms with Crippen molar-refractivity contribution in [1.82, 2.24) is 0 Å². The van der Waals surface area contributed by atoms with Gasteiger partial charge in [0.2, 0.25) is 0 Å². The molecule has 12 nitrogen and oxygen atoms in total. The summed E-state index contributed by atoms with van der Waals surface area (Å²) in [5.74, 6) is 0. The Morgan fingerprint density at radius 1 is 0.171 bits per heavy atom. The number of rotatable bonds is 68. The van der Waals surface area contributed by atoms with Crippen molar-refractivity contribution in [2.45, 2.75) is 486 Å². The van der Waals surface area contributed by atoms with Crippen LogP contribution in [0.5, 0.6) is 0 Å². The molecule has 0 aliphatic heterocycles. The van der Waals surface area contributed by atoms with Crippen molar-refractivity contribution in [2.24, 2.45) is 0 Å². The molecule has 17 heteroatoms. The minimum Gasteiger partial charge on any atom is -0.744 e. The van der Waals surface area contributed by atoms with Crippen LogP contribution >= 0.6 is 0 Å². The first-order chi connectivity index (χ1) is 61.9.